The van der Waals surface area contributed by atoms with Crippen molar-refractivity contribution in [1.29, 1.82) is 0 Å². The van der Waals surface area contributed by atoms with Crippen molar-refractivity contribution in [2.75, 3.05) is 40.3 Å². The number of halogens is 1. The summed E-state index contributed by atoms with van der Waals surface area (Å²) in [6.07, 6.45) is 4.28. The van der Waals surface area contributed by atoms with Crippen molar-refractivity contribution in [2.45, 2.75) is 57.7 Å². The number of likely N-dealkylation sites (tertiary alicyclic amines) is 1. The summed E-state index contributed by atoms with van der Waals surface area (Å²) in [7, 11) is 4.00. The van der Waals surface area contributed by atoms with Crippen molar-refractivity contribution >= 4 is 36.0 Å². The van der Waals surface area contributed by atoms with Gasteiger partial charge in [-0.1, -0.05) is 0 Å². The second-order valence-electron chi connectivity index (χ2n) is 6.80. The number of amides is 1. The molecule has 25 heavy (non-hydrogen) atoms. The van der Waals surface area contributed by atoms with Crippen LogP contribution in [0.3, 0.4) is 0 Å². The first-order valence-corrected chi connectivity index (χ1v) is 9.16. The molecule has 2 N–H and O–H groups in total. The molecule has 7 nitrogen and oxygen atoms in total. The minimum absolute atomic E-state index is 0. The zero-order valence-corrected chi connectivity index (χ0v) is 18.3. The molecule has 1 aliphatic carbocycles. The quantitative estimate of drug-likeness (QED) is 0.355. The predicted molar refractivity (Wildman–Crippen MR) is 112 cm³/mol. The van der Waals surface area contributed by atoms with Gasteiger partial charge in [0.05, 0.1) is 6.61 Å². The average molecular weight is 467 g/mol. The Morgan fingerprint density at radius 2 is 1.96 bits per heavy atom. The highest BCUT2D eigenvalue weighted by Gasteiger charge is 2.29. The van der Waals surface area contributed by atoms with Gasteiger partial charge in [0.1, 0.15) is 0 Å². The molecule has 0 spiro atoms. The number of likely N-dealkylation sites (N-methyl/N-ethyl adjacent to an activating group) is 1. The van der Waals surface area contributed by atoms with Crippen LogP contribution < -0.4 is 10.6 Å². The minimum atomic E-state index is -0.199. The Bertz CT molecular complexity index is 437. The maximum Gasteiger partial charge on any atom is 0.409 e. The second kappa shape index (κ2) is 11.1. The monoisotopic (exact) mass is 467 g/mol. The first-order chi connectivity index (χ1) is 11.5. The van der Waals surface area contributed by atoms with E-state index in [1.807, 2.05) is 6.92 Å². The highest BCUT2D eigenvalue weighted by atomic mass is 127. The number of rotatable bonds is 6. The SMILES string of the molecule is CCOC(=O)N1CCC(NC(=NC)NCC(C)N(C)C2CC2)CC1.I. The van der Waals surface area contributed by atoms with Crippen molar-refractivity contribution in [3.8, 4) is 0 Å². The van der Waals surface area contributed by atoms with E-state index in [-0.39, 0.29) is 30.1 Å². The highest BCUT2D eigenvalue weighted by Crippen LogP contribution is 2.26. The predicted octanol–water partition coefficient (Wildman–Crippen LogP) is 1.87. The van der Waals surface area contributed by atoms with Crippen LogP contribution >= 0.6 is 24.0 Å². The number of piperidine rings is 1. The van der Waals surface area contributed by atoms with Crippen LogP contribution in [0, 0.1) is 0 Å². The largest absolute Gasteiger partial charge is 0.450 e. The lowest BCUT2D eigenvalue weighted by molar-refractivity contribution is 0.0963. The molecule has 1 saturated heterocycles. The first kappa shape index (κ1) is 22.3. The minimum Gasteiger partial charge on any atom is -0.450 e. The number of hydrogen-bond donors (Lipinski definition) is 2. The molecule has 2 aliphatic rings. The molecular weight excluding hydrogens is 433 g/mol. The molecule has 1 amide bonds. The average Bonchev–Trinajstić information content (AvgIpc) is 3.43. The Balaban J connectivity index is 0.00000312. The topological polar surface area (TPSA) is 69.2 Å². The molecule has 146 valence electrons. The van der Waals surface area contributed by atoms with Gasteiger partial charge in [0.15, 0.2) is 5.96 Å². The third-order valence-corrected chi connectivity index (χ3v) is 4.97. The van der Waals surface area contributed by atoms with E-state index in [2.05, 4.69) is 34.5 Å². The molecule has 0 aromatic rings. The number of nitrogens with zero attached hydrogens (tertiary/aromatic N) is 3. The van der Waals surface area contributed by atoms with Gasteiger partial charge in [0, 0.05) is 44.8 Å². The molecule has 1 atom stereocenters. The summed E-state index contributed by atoms with van der Waals surface area (Å²) in [6.45, 7) is 6.86. The van der Waals surface area contributed by atoms with Gasteiger partial charge in [-0.15, -0.1) is 24.0 Å². The third-order valence-electron chi connectivity index (χ3n) is 4.97. The van der Waals surface area contributed by atoms with E-state index in [1.165, 1.54) is 12.8 Å². The Morgan fingerprint density at radius 3 is 2.48 bits per heavy atom. The van der Waals surface area contributed by atoms with Crippen molar-refractivity contribution in [3.63, 3.8) is 0 Å². The van der Waals surface area contributed by atoms with Crippen molar-refractivity contribution < 1.29 is 9.53 Å². The van der Waals surface area contributed by atoms with Gasteiger partial charge in [0.25, 0.3) is 0 Å². The third kappa shape index (κ3) is 7.16. The highest BCUT2D eigenvalue weighted by molar-refractivity contribution is 14.0. The number of aliphatic imine (C=N–C) groups is 1. The molecule has 0 radical (unpaired) electrons. The lowest BCUT2D eigenvalue weighted by atomic mass is 10.1. The molecule has 1 aliphatic heterocycles. The molecule has 8 heteroatoms. The first-order valence-electron chi connectivity index (χ1n) is 9.16. The van der Waals surface area contributed by atoms with Gasteiger partial charge in [-0.25, -0.2) is 4.79 Å². The standard InChI is InChI=1S/C17H33N5O2.HI/c1-5-24-17(23)22-10-8-14(9-11-22)20-16(18-3)19-12-13(2)21(4)15-6-7-15;/h13-15H,5-12H2,1-4H3,(H2,18,19,20);1H. The number of hydrogen-bond acceptors (Lipinski definition) is 4. The zero-order chi connectivity index (χ0) is 17.5. The zero-order valence-electron chi connectivity index (χ0n) is 16.0. The molecule has 1 unspecified atom stereocenters. The van der Waals surface area contributed by atoms with Crippen molar-refractivity contribution in [1.82, 2.24) is 20.4 Å². The summed E-state index contributed by atoms with van der Waals surface area (Å²) in [5.41, 5.74) is 0. The lowest BCUT2D eigenvalue weighted by Crippen LogP contribution is -2.51. The van der Waals surface area contributed by atoms with E-state index < -0.39 is 0 Å². The normalized spacial score (nSPS) is 20.0. The Labute approximate surface area is 169 Å². The lowest BCUT2D eigenvalue weighted by Gasteiger charge is -2.32. The summed E-state index contributed by atoms with van der Waals surface area (Å²) in [5.74, 6) is 0.848. The molecule has 0 aromatic heterocycles. The number of carbonyl (C=O) groups excluding carboxylic acids is 1. The van der Waals surface area contributed by atoms with E-state index in [0.29, 0.717) is 18.7 Å². The molecule has 0 bridgehead atoms. The fraction of sp³-hybridized carbons (Fsp3) is 0.882. The molecule has 0 aromatic carbocycles. The van der Waals surface area contributed by atoms with E-state index in [4.69, 9.17) is 4.74 Å². The van der Waals surface area contributed by atoms with Crippen LogP contribution in [0.2, 0.25) is 0 Å². The van der Waals surface area contributed by atoms with Crippen LogP contribution in [-0.4, -0.2) is 80.3 Å². The number of nitrogens with one attached hydrogen (secondary N) is 2. The maximum atomic E-state index is 11.7. The second-order valence-corrected chi connectivity index (χ2v) is 6.80. The molecule has 2 rings (SSSR count). The number of ether oxygens (including phenoxy) is 1. The summed E-state index contributed by atoms with van der Waals surface area (Å²) < 4.78 is 5.06. The van der Waals surface area contributed by atoms with Gasteiger partial charge in [-0.3, -0.25) is 9.89 Å². The van der Waals surface area contributed by atoms with Crippen LogP contribution in [0.1, 0.15) is 39.5 Å². The fourth-order valence-electron chi connectivity index (χ4n) is 3.04. The van der Waals surface area contributed by atoms with Crippen LogP contribution in [0.25, 0.3) is 0 Å². The van der Waals surface area contributed by atoms with Crippen LogP contribution in [0.5, 0.6) is 0 Å². The summed E-state index contributed by atoms with van der Waals surface area (Å²) in [6, 6.07) is 1.60. The van der Waals surface area contributed by atoms with Crippen molar-refractivity contribution in [2.24, 2.45) is 4.99 Å². The Morgan fingerprint density at radius 1 is 1.32 bits per heavy atom. The fourth-order valence-corrected chi connectivity index (χ4v) is 3.04. The van der Waals surface area contributed by atoms with E-state index >= 15 is 0 Å². The van der Waals surface area contributed by atoms with Crippen LogP contribution in [0.15, 0.2) is 4.99 Å². The van der Waals surface area contributed by atoms with Gasteiger partial charge < -0.3 is 20.3 Å². The summed E-state index contributed by atoms with van der Waals surface area (Å²) in [4.78, 5) is 20.3. The number of guanidine groups is 1. The molecular formula is C17H34IN5O2. The van der Waals surface area contributed by atoms with Crippen LogP contribution in [0.4, 0.5) is 4.79 Å². The van der Waals surface area contributed by atoms with Gasteiger partial charge in [0.2, 0.25) is 0 Å². The van der Waals surface area contributed by atoms with E-state index in [1.54, 1.807) is 11.9 Å². The van der Waals surface area contributed by atoms with Gasteiger partial charge in [-0.2, -0.15) is 0 Å². The Kier molecular flexibility index (Phi) is 9.84. The maximum absolute atomic E-state index is 11.7. The van der Waals surface area contributed by atoms with Gasteiger partial charge >= 0.3 is 6.09 Å². The van der Waals surface area contributed by atoms with Crippen molar-refractivity contribution in [3.05, 3.63) is 0 Å². The Hall–Kier alpha value is -0.770. The summed E-state index contributed by atoms with van der Waals surface area (Å²) >= 11 is 0. The molecule has 2 fully saturated rings. The molecule has 1 heterocycles. The smallest absolute Gasteiger partial charge is 0.409 e. The van der Waals surface area contributed by atoms with Crippen LogP contribution in [-0.2, 0) is 4.74 Å². The van der Waals surface area contributed by atoms with Gasteiger partial charge in [-0.05, 0) is 46.6 Å². The number of carbonyl (C=O) groups is 1. The van der Waals surface area contributed by atoms with E-state index in [9.17, 15) is 4.79 Å². The van der Waals surface area contributed by atoms with E-state index in [0.717, 1.165) is 44.5 Å². The molecule has 1 saturated carbocycles. The summed E-state index contributed by atoms with van der Waals surface area (Å²) in [5, 5.41) is 6.90.